The Bertz CT molecular complexity index is 1120. The predicted octanol–water partition coefficient (Wildman–Crippen LogP) is 2.17. The molecule has 5 rings (SSSR count). The lowest BCUT2D eigenvalue weighted by Crippen LogP contribution is -2.34. The molecule has 3 aromatic rings. The molecule has 4 N–H and O–H groups in total. The highest BCUT2D eigenvalue weighted by molar-refractivity contribution is 5.83. The summed E-state index contributed by atoms with van der Waals surface area (Å²) in [6, 6.07) is 6.20. The van der Waals surface area contributed by atoms with Gasteiger partial charge in [-0.3, -0.25) is 4.57 Å². The number of rotatable bonds is 2. The van der Waals surface area contributed by atoms with Gasteiger partial charge in [-0.2, -0.15) is 15.0 Å². The minimum absolute atomic E-state index is 0.156. The van der Waals surface area contributed by atoms with E-state index in [2.05, 4.69) is 38.5 Å². The maximum absolute atomic E-state index is 10.4. The van der Waals surface area contributed by atoms with Crippen LogP contribution in [0.15, 0.2) is 30.4 Å². The summed E-state index contributed by atoms with van der Waals surface area (Å²) in [6.07, 6.45) is 7.93. The van der Waals surface area contributed by atoms with E-state index in [0.29, 0.717) is 24.3 Å². The smallest absolute Gasteiger partial charge is 0.320 e. The van der Waals surface area contributed by atoms with Crippen molar-refractivity contribution < 1.29 is 14.6 Å². The molecule has 0 unspecified atom stereocenters. The summed E-state index contributed by atoms with van der Waals surface area (Å²) in [5.74, 6) is 1.10. The van der Waals surface area contributed by atoms with E-state index in [0.717, 1.165) is 55.6 Å². The van der Waals surface area contributed by atoms with Gasteiger partial charge in [0.05, 0.1) is 13.2 Å². The van der Waals surface area contributed by atoms with Gasteiger partial charge in [0.15, 0.2) is 17.0 Å². The number of ether oxygens (including phenoxy) is 2. The molecule has 0 radical (unpaired) electrons. The second kappa shape index (κ2) is 8.43. The summed E-state index contributed by atoms with van der Waals surface area (Å²) in [6.45, 7) is 2.79. The van der Waals surface area contributed by atoms with Crippen LogP contribution in [0.5, 0.6) is 17.8 Å². The average Bonchev–Trinajstić information content (AvgIpc) is 3.08. The minimum atomic E-state index is -0.156. The third-order valence-electron chi connectivity index (χ3n) is 5.65. The van der Waals surface area contributed by atoms with Gasteiger partial charge in [0, 0.05) is 0 Å². The monoisotopic (exact) mass is 422 g/mol. The van der Waals surface area contributed by atoms with Crippen LogP contribution in [0.3, 0.4) is 0 Å². The van der Waals surface area contributed by atoms with Crippen molar-refractivity contribution in [2.24, 2.45) is 0 Å². The summed E-state index contributed by atoms with van der Waals surface area (Å²) >= 11 is 0. The van der Waals surface area contributed by atoms with Crippen LogP contribution < -0.4 is 20.5 Å². The summed E-state index contributed by atoms with van der Waals surface area (Å²) in [5.41, 5.74) is 8.96. The molecule has 31 heavy (non-hydrogen) atoms. The fourth-order valence-electron chi connectivity index (χ4n) is 4.03. The van der Waals surface area contributed by atoms with Gasteiger partial charge in [-0.05, 0) is 62.0 Å². The van der Waals surface area contributed by atoms with Gasteiger partial charge in [0.25, 0.3) is 6.01 Å². The van der Waals surface area contributed by atoms with Gasteiger partial charge >= 0.3 is 6.01 Å². The number of aromatic hydroxyl groups is 1. The van der Waals surface area contributed by atoms with Gasteiger partial charge in [-0.1, -0.05) is 18.2 Å². The zero-order valence-corrected chi connectivity index (χ0v) is 17.3. The van der Waals surface area contributed by atoms with Crippen LogP contribution in [-0.4, -0.2) is 50.4 Å². The van der Waals surface area contributed by atoms with Crippen molar-refractivity contribution in [2.75, 3.05) is 25.4 Å². The molecule has 4 heterocycles. The molecule has 9 heteroatoms. The Hall–Kier alpha value is -3.33. The number of piperidine rings is 1. The number of hydrogen-bond acceptors (Lipinski definition) is 8. The number of nitrogens with two attached hydrogens (primary N) is 1. The van der Waals surface area contributed by atoms with Crippen LogP contribution in [0.25, 0.3) is 11.2 Å². The number of anilines is 1. The highest BCUT2D eigenvalue weighted by Crippen LogP contribution is 2.29. The van der Waals surface area contributed by atoms with E-state index in [1.54, 1.807) is 4.57 Å². The number of aromatic nitrogens is 4. The number of nitrogens with zero attached hydrogens (tertiary/aromatic N) is 4. The number of benzene rings is 1. The number of allylic oxidation sites excluding steroid dienone is 1. The Kier molecular flexibility index (Phi) is 5.33. The predicted molar refractivity (Wildman–Crippen MR) is 116 cm³/mol. The Morgan fingerprint density at radius 1 is 1.16 bits per heavy atom. The number of nitrogen functional groups attached to an aromatic ring is 1. The lowest BCUT2D eigenvalue weighted by Gasteiger charge is -2.25. The van der Waals surface area contributed by atoms with Crippen molar-refractivity contribution >= 4 is 17.0 Å². The van der Waals surface area contributed by atoms with Crippen molar-refractivity contribution in [3.05, 3.63) is 41.5 Å². The van der Waals surface area contributed by atoms with E-state index >= 15 is 0 Å². The molecule has 9 nitrogen and oxygen atoms in total. The van der Waals surface area contributed by atoms with E-state index in [4.69, 9.17) is 15.2 Å². The Labute approximate surface area is 179 Å². The van der Waals surface area contributed by atoms with Crippen LogP contribution in [0.2, 0.25) is 0 Å². The summed E-state index contributed by atoms with van der Waals surface area (Å²) in [7, 11) is 0. The zero-order chi connectivity index (χ0) is 21.2. The maximum atomic E-state index is 10.4. The van der Waals surface area contributed by atoms with Crippen LogP contribution in [0.4, 0.5) is 5.82 Å². The van der Waals surface area contributed by atoms with E-state index in [1.807, 2.05) is 12.1 Å². The first kappa shape index (κ1) is 19.6. The first-order chi connectivity index (χ1) is 15.2. The summed E-state index contributed by atoms with van der Waals surface area (Å²) in [5, 5.41) is 13.8. The zero-order valence-electron chi connectivity index (χ0n) is 17.3. The van der Waals surface area contributed by atoms with E-state index < -0.39 is 0 Å². The van der Waals surface area contributed by atoms with Gasteiger partial charge in [-0.15, -0.1) is 0 Å². The fourth-order valence-corrected chi connectivity index (χ4v) is 4.03. The lowest BCUT2D eigenvalue weighted by atomic mass is 10.0. The standard InChI is InChI=1S/C22H26N6O3/c23-19-18-20-27-21(26-19)30-11-3-1-2-4-15-12-14(13-28(20)22(29)25-18)5-6-17(15)31-16-7-9-24-10-8-16/h1-2,5-6,12,16,24H,3-4,7-11,13H2,(H,25,29)(H2,23,26,27)/b2-1+. The second-order valence-electron chi connectivity index (χ2n) is 7.88. The quantitative estimate of drug-likeness (QED) is 0.538. The van der Waals surface area contributed by atoms with Crippen molar-refractivity contribution in [2.45, 2.75) is 38.3 Å². The fraction of sp³-hybridized carbons (Fsp3) is 0.409. The molecule has 2 aliphatic heterocycles. The minimum Gasteiger partial charge on any atom is -0.490 e. The molecule has 0 spiro atoms. The van der Waals surface area contributed by atoms with Crippen molar-refractivity contribution in [1.82, 2.24) is 24.8 Å². The van der Waals surface area contributed by atoms with Gasteiger partial charge in [0.1, 0.15) is 11.9 Å². The third-order valence-corrected chi connectivity index (χ3v) is 5.65. The molecule has 162 valence electrons. The Morgan fingerprint density at radius 3 is 2.90 bits per heavy atom. The van der Waals surface area contributed by atoms with Crippen molar-refractivity contribution in [3.8, 4) is 17.8 Å². The molecular weight excluding hydrogens is 396 g/mol. The van der Waals surface area contributed by atoms with Crippen LogP contribution in [0.1, 0.15) is 30.4 Å². The molecule has 1 aromatic carbocycles. The molecule has 0 saturated carbocycles. The lowest BCUT2D eigenvalue weighted by molar-refractivity contribution is 0.161. The molecule has 2 aromatic heterocycles. The molecule has 0 aliphatic carbocycles. The average molecular weight is 422 g/mol. The molecule has 1 saturated heterocycles. The van der Waals surface area contributed by atoms with E-state index in [-0.39, 0.29) is 23.9 Å². The molecule has 4 bridgehead atoms. The first-order valence-electron chi connectivity index (χ1n) is 10.7. The highest BCUT2D eigenvalue weighted by atomic mass is 16.5. The van der Waals surface area contributed by atoms with Crippen molar-refractivity contribution in [3.63, 3.8) is 0 Å². The number of imidazole rings is 1. The largest absolute Gasteiger partial charge is 0.490 e. The van der Waals surface area contributed by atoms with E-state index in [9.17, 15) is 5.11 Å². The van der Waals surface area contributed by atoms with Crippen LogP contribution in [-0.2, 0) is 13.0 Å². The number of hydrogen-bond donors (Lipinski definition) is 3. The molecule has 1 fully saturated rings. The van der Waals surface area contributed by atoms with Gasteiger partial charge < -0.3 is 25.6 Å². The second-order valence-corrected chi connectivity index (χ2v) is 7.88. The third kappa shape index (κ3) is 4.13. The first-order valence-corrected chi connectivity index (χ1v) is 10.7. The van der Waals surface area contributed by atoms with Gasteiger partial charge in [0.2, 0.25) is 0 Å². The van der Waals surface area contributed by atoms with Gasteiger partial charge in [-0.25, -0.2) is 0 Å². The summed E-state index contributed by atoms with van der Waals surface area (Å²) < 4.78 is 13.6. The summed E-state index contributed by atoms with van der Waals surface area (Å²) in [4.78, 5) is 12.7. The normalized spacial score (nSPS) is 18.5. The van der Waals surface area contributed by atoms with Crippen LogP contribution in [0, 0.1) is 0 Å². The van der Waals surface area contributed by atoms with E-state index in [1.165, 1.54) is 0 Å². The molecule has 0 atom stereocenters. The topological polar surface area (TPSA) is 120 Å². The maximum Gasteiger partial charge on any atom is 0.320 e. The molecular formula is C22H26N6O3. The van der Waals surface area contributed by atoms with Crippen LogP contribution >= 0.6 is 0 Å². The molecule has 2 aliphatic rings. The number of fused-ring (bicyclic) bond motifs is 3. The SMILES string of the molecule is Nc1nc2nc3c1nc(O)n3Cc1ccc(OC3CCNCC3)c(c1)C/C=C/CCO2. The Morgan fingerprint density at radius 2 is 2.03 bits per heavy atom. The Balaban J connectivity index is 1.53. The van der Waals surface area contributed by atoms with Crippen molar-refractivity contribution in [1.29, 1.82) is 0 Å². The number of nitrogens with one attached hydrogen (secondary N) is 1. The highest BCUT2D eigenvalue weighted by Gasteiger charge is 2.19. The molecule has 0 amide bonds.